The fraction of sp³-hybridized carbons (Fsp3) is 0.765. The molecule has 0 bridgehead atoms. The fourth-order valence-corrected chi connectivity index (χ4v) is 3.86. The van der Waals surface area contributed by atoms with Crippen LogP contribution in [-0.2, 0) is 4.79 Å². The van der Waals surface area contributed by atoms with Gasteiger partial charge in [0.05, 0.1) is 0 Å². The molecule has 0 aromatic heterocycles. The third-order valence-electron chi connectivity index (χ3n) is 5.30. The van der Waals surface area contributed by atoms with Crippen molar-refractivity contribution in [2.75, 3.05) is 26.2 Å². The van der Waals surface area contributed by atoms with E-state index < -0.39 is 6.09 Å². The van der Waals surface area contributed by atoms with Crippen LogP contribution in [0.15, 0.2) is 12.2 Å². The van der Waals surface area contributed by atoms with Crippen molar-refractivity contribution in [3.63, 3.8) is 0 Å². The van der Waals surface area contributed by atoms with Crippen LogP contribution in [0.1, 0.15) is 40.0 Å². The van der Waals surface area contributed by atoms with Gasteiger partial charge in [-0.05, 0) is 29.7 Å². The van der Waals surface area contributed by atoms with E-state index in [0.717, 1.165) is 0 Å². The van der Waals surface area contributed by atoms with Gasteiger partial charge in [0.2, 0.25) is 5.91 Å². The quantitative estimate of drug-likeness (QED) is 0.798. The van der Waals surface area contributed by atoms with Crippen molar-refractivity contribution >= 4 is 12.0 Å². The van der Waals surface area contributed by atoms with E-state index in [2.05, 4.69) is 26.8 Å². The number of piperazine rings is 1. The minimum absolute atomic E-state index is 0.0126. The Morgan fingerprint density at radius 1 is 1.14 bits per heavy atom. The Morgan fingerprint density at radius 2 is 1.73 bits per heavy atom. The van der Waals surface area contributed by atoms with Gasteiger partial charge in [-0.3, -0.25) is 4.79 Å². The Bertz CT molecular complexity index is 451. The third kappa shape index (κ3) is 3.81. The summed E-state index contributed by atoms with van der Waals surface area (Å²) in [7, 11) is 0. The maximum Gasteiger partial charge on any atom is 0.407 e. The van der Waals surface area contributed by atoms with E-state index in [4.69, 9.17) is 5.11 Å². The molecule has 1 N–H and O–H groups in total. The van der Waals surface area contributed by atoms with Gasteiger partial charge in [0.25, 0.3) is 0 Å². The first kappa shape index (κ1) is 16.8. The van der Waals surface area contributed by atoms with E-state index in [1.807, 2.05) is 0 Å². The number of carbonyl (C=O) groups excluding carboxylic acids is 1. The second-order valence-corrected chi connectivity index (χ2v) is 7.34. The number of carbonyl (C=O) groups is 2. The first-order chi connectivity index (χ1) is 10.3. The second-order valence-electron chi connectivity index (χ2n) is 7.34. The van der Waals surface area contributed by atoms with Gasteiger partial charge < -0.3 is 14.9 Å². The summed E-state index contributed by atoms with van der Waals surface area (Å²) >= 11 is 0. The molecule has 0 aromatic rings. The molecule has 5 heteroatoms. The van der Waals surface area contributed by atoms with E-state index in [1.54, 1.807) is 11.0 Å². The molecule has 1 heterocycles. The predicted molar refractivity (Wildman–Crippen MR) is 85.6 cm³/mol. The molecule has 1 saturated heterocycles. The van der Waals surface area contributed by atoms with Gasteiger partial charge in [-0.2, -0.15) is 0 Å². The summed E-state index contributed by atoms with van der Waals surface area (Å²) in [6.07, 6.45) is 6.60. The Morgan fingerprint density at radius 3 is 2.27 bits per heavy atom. The molecular formula is C17H28N2O3. The molecule has 22 heavy (non-hydrogen) atoms. The number of amides is 2. The van der Waals surface area contributed by atoms with Crippen molar-refractivity contribution < 1.29 is 14.7 Å². The molecule has 2 aliphatic rings. The number of rotatable bonds is 2. The molecule has 0 spiro atoms. The molecule has 0 radical (unpaired) electrons. The summed E-state index contributed by atoms with van der Waals surface area (Å²) in [5.74, 6) is 1.06. The minimum Gasteiger partial charge on any atom is -0.465 e. The molecule has 5 nitrogen and oxygen atoms in total. The van der Waals surface area contributed by atoms with E-state index in [-0.39, 0.29) is 11.3 Å². The number of hydrogen-bond acceptors (Lipinski definition) is 2. The highest BCUT2D eigenvalue weighted by molar-refractivity contribution is 5.87. The van der Waals surface area contributed by atoms with Crippen LogP contribution >= 0.6 is 0 Å². The molecular weight excluding hydrogens is 280 g/mol. The topological polar surface area (TPSA) is 60.9 Å². The van der Waals surface area contributed by atoms with Crippen LogP contribution in [0.25, 0.3) is 0 Å². The van der Waals surface area contributed by atoms with Crippen molar-refractivity contribution in [1.82, 2.24) is 9.80 Å². The van der Waals surface area contributed by atoms with E-state index in [0.29, 0.717) is 38.0 Å². The maximum atomic E-state index is 12.3. The number of carboxylic acid groups (broad SMARTS) is 1. The van der Waals surface area contributed by atoms with E-state index in [9.17, 15) is 9.59 Å². The summed E-state index contributed by atoms with van der Waals surface area (Å²) in [4.78, 5) is 26.3. The van der Waals surface area contributed by atoms with Gasteiger partial charge in [-0.1, -0.05) is 39.7 Å². The van der Waals surface area contributed by atoms with Crippen molar-refractivity contribution in [1.29, 1.82) is 0 Å². The number of hydrogen-bond donors (Lipinski definition) is 1. The minimum atomic E-state index is -0.902. The van der Waals surface area contributed by atoms with Crippen LogP contribution in [0.4, 0.5) is 4.79 Å². The molecule has 1 aliphatic carbocycles. The maximum absolute atomic E-state index is 12.3. The summed E-state index contributed by atoms with van der Waals surface area (Å²) in [5.41, 5.74) is 0.246. The summed E-state index contributed by atoms with van der Waals surface area (Å²) in [6, 6.07) is 0. The van der Waals surface area contributed by atoms with Gasteiger partial charge in [0.15, 0.2) is 0 Å². The van der Waals surface area contributed by atoms with Crippen molar-refractivity contribution in [2.45, 2.75) is 40.0 Å². The SMILES string of the molecule is C[C@@H]1CCCC(C)(C)[C@H]1/C=C/C(=O)N1CCN(C(=O)O)CC1. The molecule has 1 aliphatic heterocycles. The molecule has 2 atom stereocenters. The lowest BCUT2D eigenvalue weighted by Gasteiger charge is -2.41. The van der Waals surface area contributed by atoms with Crippen molar-refractivity contribution in [3.05, 3.63) is 12.2 Å². The van der Waals surface area contributed by atoms with Crippen LogP contribution in [0.3, 0.4) is 0 Å². The van der Waals surface area contributed by atoms with Crippen LogP contribution in [-0.4, -0.2) is 53.1 Å². The Labute approximate surface area is 133 Å². The lowest BCUT2D eigenvalue weighted by Crippen LogP contribution is -2.49. The predicted octanol–water partition coefficient (Wildman–Crippen LogP) is 2.83. The largest absolute Gasteiger partial charge is 0.465 e. The van der Waals surface area contributed by atoms with Gasteiger partial charge in [-0.25, -0.2) is 4.79 Å². The van der Waals surface area contributed by atoms with Crippen LogP contribution in [0.2, 0.25) is 0 Å². The molecule has 2 rings (SSSR count). The average molecular weight is 308 g/mol. The highest BCUT2D eigenvalue weighted by Gasteiger charge is 2.35. The van der Waals surface area contributed by atoms with Gasteiger partial charge >= 0.3 is 6.09 Å². The average Bonchev–Trinajstić information content (AvgIpc) is 2.46. The Kier molecular flexibility index (Phi) is 5.14. The third-order valence-corrected chi connectivity index (χ3v) is 5.30. The second kappa shape index (κ2) is 6.71. The monoisotopic (exact) mass is 308 g/mol. The van der Waals surface area contributed by atoms with Crippen molar-refractivity contribution in [2.24, 2.45) is 17.3 Å². The molecule has 0 unspecified atom stereocenters. The number of allylic oxidation sites excluding steroid dienone is 1. The summed E-state index contributed by atoms with van der Waals surface area (Å²) in [5, 5.41) is 8.93. The summed E-state index contributed by atoms with van der Waals surface area (Å²) in [6.45, 7) is 8.62. The van der Waals surface area contributed by atoms with E-state index in [1.165, 1.54) is 24.2 Å². The lowest BCUT2D eigenvalue weighted by molar-refractivity contribution is -0.127. The lowest BCUT2D eigenvalue weighted by atomic mass is 9.64. The molecule has 2 fully saturated rings. The zero-order chi connectivity index (χ0) is 16.3. The van der Waals surface area contributed by atoms with Crippen LogP contribution < -0.4 is 0 Å². The molecule has 124 valence electrons. The zero-order valence-electron chi connectivity index (χ0n) is 13.9. The van der Waals surface area contributed by atoms with Crippen LogP contribution in [0.5, 0.6) is 0 Å². The Balaban J connectivity index is 1.92. The number of nitrogens with zero attached hydrogens (tertiary/aromatic N) is 2. The molecule has 1 saturated carbocycles. The standard InChI is InChI=1S/C17H28N2O3/c1-13-5-4-8-17(2,3)14(13)6-7-15(20)18-9-11-19(12-10-18)16(21)22/h6-7,13-14H,4-5,8-12H2,1-3H3,(H,21,22)/b7-6+/t13-,14+/m1/s1. The molecule has 2 amide bonds. The fourth-order valence-electron chi connectivity index (χ4n) is 3.86. The van der Waals surface area contributed by atoms with Gasteiger partial charge in [0.1, 0.15) is 0 Å². The van der Waals surface area contributed by atoms with Crippen molar-refractivity contribution in [3.8, 4) is 0 Å². The first-order valence-corrected chi connectivity index (χ1v) is 8.26. The highest BCUT2D eigenvalue weighted by Crippen LogP contribution is 2.44. The van der Waals surface area contributed by atoms with Crippen LogP contribution in [0, 0.1) is 17.3 Å². The molecule has 0 aromatic carbocycles. The van der Waals surface area contributed by atoms with Gasteiger partial charge in [0, 0.05) is 26.2 Å². The summed E-state index contributed by atoms with van der Waals surface area (Å²) < 4.78 is 0. The first-order valence-electron chi connectivity index (χ1n) is 8.26. The van der Waals surface area contributed by atoms with Gasteiger partial charge in [-0.15, -0.1) is 0 Å². The highest BCUT2D eigenvalue weighted by atomic mass is 16.4. The normalized spacial score (nSPS) is 28.9. The zero-order valence-corrected chi connectivity index (χ0v) is 13.9. The Hall–Kier alpha value is -1.52. The van der Waals surface area contributed by atoms with E-state index >= 15 is 0 Å². The smallest absolute Gasteiger partial charge is 0.407 e.